The second-order valence-electron chi connectivity index (χ2n) is 4.22. The molecule has 7 nitrogen and oxygen atoms in total. The van der Waals surface area contributed by atoms with Gasteiger partial charge in [-0.15, -0.1) is 10.1 Å². The minimum Gasteiger partial charge on any atom is -0.324 e. The Morgan fingerprint density at radius 1 is 1.29 bits per heavy atom. The van der Waals surface area contributed by atoms with E-state index in [0.717, 1.165) is 4.47 Å². The topological polar surface area (TPSA) is 115 Å². The largest absolute Gasteiger partial charge is 0.365 e. The van der Waals surface area contributed by atoms with Crippen LogP contribution in [0.25, 0.3) is 0 Å². The summed E-state index contributed by atoms with van der Waals surface area (Å²) >= 11 is 7.72. The van der Waals surface area contributed by atoms with Crippen LogP contribution in [0, 0.1) is 11.3 Å². The zero-order valence-electron chi connectivity index (χ0n) is 12.9. The molecular weight excluding hydrogens is 458 g/mol. The van der Waals surface area contributed by atoms with E-state index in [1.165, 1.54) is 0 Å². The summed E-state index contributed by atoms with van der Waals surface area (Å²) in [5.41, 5.74) is 0.400. The summed E-state index contributed by atoms with van der Waals surface area (Å²) in [5, 5.41) is 12.9. The lowest BCUT2D eigenvalue weighted by Crippen LogP contribution is -2.05. The third kappa shape index (κ3) is 6.68. The van der Waals surface area contributed by atoms with Gasteiger partial charge in [0.1, 0.15) is 6.07 Å². The summed E-state index contributed by atoms with van der Waals surface area (Å²) in [4.78, 5) is 29.4. The molecule has 0 aliphatic carbocycles. The van der Waals surface area contributed by atoms with Crippen LogP contribution < -0.4 is 0 Å². The van der Waals surface area contributed by atoms with Crippen molar-refractivity contribution in [2.75, 3.05) is 11.5 Å². The first-order chi connectivity index (χ1) is 11.1. The van der Waals surface area contributed by atoms with Crippen molar-refractivity contribution in [1.29, 1.82) is 5.26 Å². The Kier molecular flexibility index (Phi) is 8.77. The number of hydrogen-bond donors (Lipinski definition) is 3. The Bertz CT molecular complexity index is 752. The standard InChI is InChI=1S/C12H17BrN2O5P2S2/c1-3-24(4-2)22(18,20-21(16,17)23)19-15-12(9-14)10-5-7-11(13)8-6-10/h5-8,18H,3-4H2,1-2H3,(H2,16,17,23). The van der Waals surface area contributed by atoms with Crippen molar-refractivity contribution in [2.45, 2.75) is 13.8 Å². The van der Waals surface area contributed by atoms with Gasteiger partial charge in [0, 0.05) is 10.0 Å². The van der Waals surface area contributed by atoms with Crippen LogP contribution in [0.4, 0.5) is 0 Å². The monoisotopic (exact) mass is 474 g/mol. The van der Waals surface area contributed by atoms with Crippen LogP contribution in [-0.2, 0) is 30.8 Å². The average Bonchev–Trinajstić information content (AvgIpc) is 2.49. The molecule has 0 aliphatic rings. The molecule has 0 heterocycles. The van der Waals surface area contributed by atoms with Crippen LogP contribution in [0.3, 0.4) is 0 Å². The van der Waals surface area contributed by atoms with Crippen molar-refractivity contribution >= 4 is 57.0 Å². The minimum atomic E-state index is -4.16. The van der Waals surface area contributed by atoms with E-state index in [1.807, 2.05) is 6.07 Å². The van der Waals surface area contributed by atoms with Crippen molar-refractivity contribution in [1.82, 2.24) is 0 Å². The maximum absolute atomic E-state index is 10.6. The molecule has 0 radical (unpaired) electrons. The number of nitriles is 1. The van der Waals surface area contributed by atoms with E-state index in [9.17, 15) is 19.9 Å². The number of oxime groups is 1. The van der Waals surface area contributed by atoms with Crippen LogP contribution in [0.5, 0.6) is 0 Å². The fourth-order valence-electron chi connectivity index (χ4n) is 1.61. The zero-order chi connectivity index (χ0) is 18.4. The molecule has 1 unspecified atom stereocenters. The van der Waals surface area contributed by atoms with Crippen molar-refractivity contribution in [3.05, 3.63) is 34.3 Å². The fourth-order valence-corrected chi connectivity index (χ4v) is 10.0. The number of halogens is 1. The predicted octanol–water partition coefficient (Wildman–Crippen LogP) is 3.25. The summed E-state index contributed by atoms with van der Waals surface area (Å²) in [6.07, 6.45) is 0. The quantitative estimate of drug-likeness (QED) is 0.315. The van der Waals surface area contributed by atoms with Gasteiger partial charge in [0.2, 0.25) is 0 Å². The van der Waals surface area contributed by atoms with Gasteiger partial charge in [0.25, 0.3) is 0 Å². The smallest absolute Gasteiger partial charge is 0.324 e. The number of benzene rings is 1. The Hall–Kier alpha value is -0.0700. The molecule has 0 fully saturated rings. The SMILES string of the molecule is CCS(CC)=P(O)(ON=C(C#N)c1ccc(Br)cc1)OP(O)(O)=S. The van der Waals surface area contributed by atoms with E-state index in [2.05, 4.69) is 32.9 Å². The molecule has 0 saturated heterocycles. The van der Waals surface area contributed by atoms with Crippen LogP contribution >= 0.6 is 29.4 Å². The van der Waals surface area contributed by atoms with Gasteiger partial charge in [-0.2, -0.15) is 5.26 Å². The van der Waals surface area contributed by atoms with Gasteiger partial charge >= 0.3 is 13.4 Å². The highest BCUT2D eigenvalue weighted by Gasteiger charge is 2.30. The van der Waals surface area contributed by atoms with Crippen molar-refractivity contribution in [3.63, 3.8) is 0 Å². The first-order valence-electron chi connectivity index (χ1n) is 6.64. The molecule has 0 aromatic heterocycles. The first kappa shape index (κ1) is 22.0. The molecule has 1 aromatic rings. The first-order valence-corrected chi connectivity index (χ1v) is 13.8. The highest BCUT2D eigenvalue weighted by molar-refractivity contribution is 9.10. The van der Waals surface area contributed by atoms with Crippen LogP contribution in [0.15, 0.2) is 33.9 Å². The average molecular weight is 475 g/mol. The summed E-state index contributed by atoms with van der Waals surface area (Å²) in [6, 6.07) is 8.62. The Balaban J connectivity index is 3.28. The molecule has 1 rings (SSSR count). The normalized spacial score (nSPS) is 15.0. The Labute approximate surface area is 156 Å². The van der Waals surface area contributed by atoms with Crippen molar-refractivity contribution in [3.8, 4) is 6.07 Å². The fraction of sp³-hybridized carbons (Fsp3) is 0.333. The molecule has 24 heavy (non-hydrogen) atoms. The van der Waals surface area contributed by atoms with Crippen LogP contribution in [0.2, 0.25) is 0 Å². The van der Waals surface area contributed by atoms with Crippen LogP contribution in [-0.4, -0.2) is 31.9 Å². The van der Waals surface area contributed by atoms with Crippen molar-refractivity contribution in [2.24, 2.45) is 5.16 Å². The predicted molar refractivity (Wildman–Crippen MR) is 105 cm³/mol. The van der Waals surface area contributed by atoms with Gasteiger partial charge in [-0.3, -0.25) is 0 Å². The molecule has 0 bridgehead atoms. The number of nitrogens with zero attached hydrogens (tertiary/aromatic N) is 2. The lowest BCUT2D eigenvalue weighted by atomic mass is 10.1. The summed E-state index contributed by atoms with van der Waals surface area (Å²) < 4.78 is 10.9. The highest BCUT2D eigenvalue weighted by atomic mass is 79.9. The summed E-state index contributed by atoms with van der Waals surface area (Å²) in [7, 11) is -0.827. The highest BCUT2D eigenvalue weighted by Crippen LogP contribution is 2.61. The van der Waals surface area contributed by atoms with E-state index in [-0.39, 0.29) is 5.71 Å². The summed E-state index contributed by atoms with van der Waals surface area (Å²) in [6.45, 7) is -4.34. The molecule has 0 spiro atoms. The Morgan fingerprint density at radius 3 is 2.25 bits per heavy atom. The van der Waals surface area contributed by atoms with E-state index < -0.39 is 23.5 Å². The van der Waals surface area contributed by atoms with Crippen LogP contribution in [0.1, 0.15) is 19.4 Å². The molecular formula is C12H17BrN2O5P2S2. The van der Waals surface area contributed by atoms with Gasteiger partial charge in [0.05, 0.1) is 0 Å². The lowest BCUT2D eigenvalue weighted by molar-refractivity contribution is 0.254. The van der Waals surface area contributed by atoms with Crippen molar-refractivity contribution < 1.29 is 23.6 Å². The van der Waals surface area contributed by atoms with E-state index in [1.54, 1.807) is 38.1 Å². The minimum absolute atomic E-state index is 0.0792. The molecule has 0 saturated carbocycles. The molecule has 0 amide bonds. The van der Waals surface area contributed by atoms with Gasteiger partial charge in [-0.1, -0.05) is 47.1 Å². The lowest BCUT2D eigenvalue weighted by Gasteiger charge is -2.23. The molecule has 1 atom stereocenters. The van der Waals surface area contributed by atoms with Gasteiger partial charge in [-0.25, -0.2) is 4.31 Å². The maximum Gasteiger partial charge on any atom is 0.365 e. The molecule has 12 heteroatoms. The summed E-state index contributed by atoms with van der Waals surface area (Å²) in [5.74, 6) is 0.956. The van der Waals surface area contributed by atoms with Gasteiger partial charge in [0.15, 0.2) is 5.71 Å². The number of hydrogen-bond acceptors (Lipinski definition) is 5. The second kappa shape index (κ2) is 9.58. The van der Waals surface area contributed by atoms with E-state index in [0.29, 0.717) is 17.1 Å². The molecule has 0 aliphatic heterocycles. The van der Waals surface area contributed by atoms with E-state index in [4.69, 9.17) is 8.94 Å². The second-order valence-corrected chi connectivity index (χ2v) is 14.3. The Morgan fingerprint density at radius 2 is 1.83 bits per heavy atom. The van der Waals surface area contributed by atoms with Gasteiger partial charge < -0.3 is 19.3 Å². The maximum atomic E-state index is 10.6. The van der Waals surface area contributed by atoms with Gasteiger partial charge in [-0.05, 0) is 35.4 Å². The molecule has 3 N–H and O–H groups in total. The zero-order valence-corrected chi connectivity index (χ0v) is 17.9. The third-order valence-electron chi connectivity index (χ3n) is 2.66. The molecule has 1 aromatic carbocycles. The number of rotatable bonds is 7. The molecule has 134 valence electrons. The third-order valence-corrected chi connectivity index (χ3v) is 12.0. The van der Waals surface area contributed by atoms with E-state index >= 15 is 0 Å².